The van der Waals surface area contributed by atoms with Crippen molar-refractivity contribution in [1.82, 2.24) is 4.90 Å². The molecular weight excluding hydrogens is 390 g/mol. The predicted molar refractivity (Wildman–Crippen MR) is 113 cm³/mol. The minimum Gasteiger partial charge on any atom is -0.493 e. The maximum Gasteiger partial charge on any atom is 0.269 e. The molecule has 0 spiro atoms. The molecule has 0 radical (unpaired) electrons. The Balaban J connectivity index is 1.47. The lowest BCUT2D eigenvalue weighted by Crippen LogP contribution is -2.49. The highest BCUT2D eigenvalue weighted by molar-refractivity contribution is 5.65. The number of aliphatic hydroxyl groups is 1. The molecule has 162 valence electrons. The molecule has 1 fully saturated rings. The molecule has 0 bridgehead atoms. The lowest BCUT2D eigenvalue weighted by atomic mass is 10.2. The molecule has 2 aromatic rings. The molecule has 0 saturated carbocycles. The number of methoxy groups -OCH3 is 2. The summed E-state index contributed by atoms with van der Waals surface area (Å²) in [7, 11) is 3.26. The first kappa shape index (κ1) is 21.7. The van der Waals surface area contributed by atoms with Gasteiger partial charge in [-0.25, -0.2) is 0 Å². The van der Waals surface area contributed by atoms with Crippen LogP contribution in [0.3, 0.4) is 0 Å². The van der Waals surface area contributed by atoms with Gasteiger partial charge in [0, 0.05) is 44.9 Å². The maximum atomic E-state index is 10.7. The minimum atomic E-state index is -0.655. The van der Waals surface area contributed by atoms with Gasteiger partial charge in [0.2, 0.25) is 0 Å². The zero-order chi connectivity index (χ0) is 21.5. The van der Waals surface area contributed by atoms with Crippen molar-refractivity contribution < 1.29 is 24.2 Å². The Morgan fingerprint density at radius 2 is 1.77 bits per heavy atom. The second-order valence-corrected chi connectivity index (χ2v) is 7.02. The van der Waals surface area contributed by atoms with Crippen molar-refractivity contribution in [3.8, 4) is 17.2 Å². The van der Waals surface area contributed by atoms with Gasteiger partial charge in [0.15, 0.2) is 11.5 Å². The average molecular weight is 417 g/mol. The molecule has 30 heavy (non-hydrogen) atoms. The van der Waals surface area contributed by atoms with Crippen molar-refractivity contribution in [2.24, 2.45) is 0 Å². The molecule has 3 rings (SSSR count). The van der Waals surface area contributed by atoms with Crippen molar-refractivity contribution in [1.29, 1.82) is 0 Å². The van der Waals surface area contributed by atoms with E-state index in [0.29, 0.717) is 18.0 Å². The van der Waals surface area contributed by atoms with E-state index < -0.39 is 11.0 Å². The Morgan fingerprint density at radius 1 is 1.07 bits per heavy atom. The van der Waals surface area contributed by atoms with Crippen LogP contribution in [0.15, 0.2) is 42.5 Å². The molecule has 0 amide bonds. The minimum absolute atomic E-state index is 0.00781. The molecule has 2 aromatic carbocycles. The zero-order valence-electron chi connectivity index (χ0n) is 17.2. The van der Waals surface area contributed by atoms with E-state index in [1.54, 1.807) is 14.2 Å². The number of hydrogen-bond acceptors (Lipinski definition) is 8. The molecule has 0 aliphatic carbocycles. The van der Waals surface area contributed by atoms with Gasteiger partial charge in [-0.3, -0.25) is 15.0 Å². The molecule has 9 nitrogen and oxygen atoms in total. The van der Waals surface area contributed by atoms with Crippen LogP contribution in [0.25, 0.3) is 0 Å². The van der Waals surface area contributed by atoms with Crippen LogP contribution in [0.2, 0.25) is 0 Å². The standard InChI is InChI=1S/C21H27N3O6/c1-28-20-5-3-4-19(21(20)29-2)23-12-10-22(11-13-23)14-17(25)15-30-18-8-6-16(7-9-18)24(26)27/h3-9,17,25H,10-15H2,1-2H3. The highest BCUT2D eigenvalue weighted by Gasteiger charge is 2.23. The fourth-order valence-electron chi connectivity index (χ4n) is 3.50. The van der Waals surface area contributed by atoms with Crippen molar-refractivity contribution in [2.45, 2.75) is 6.10 Å². The van der Waals surface area contributed by atoms with Gasteiger partial charge in [-0.05, 0) is 24.3 Å². The first-order chi connectivity index (χ1) is 14.5. The monoisotopic (exact) mass is 417 g/mol. The first-order valence-corrected chi connectivity index (χ1v) is 9.75. The number of benzene rings is 2. The zero-order valence-corrected chi connectivity index (χ0v) is 17.2. The number of rotatable bonds is 9. The van der Waals surface area contributed by atoms with Gasteiger partial charge >= 0.3 is 0 Å². The summed E-state index contributed by atoms with van der Waals surface area (Å²) in [5.74, 6) is 1.93. The van der Waals surface area contributed by atoms with E-state index in [4.69, 9.17) is 14.2 Å². The SMILES string of the molecule is COc1cccc(N2CCN(CC(O)COc3ccc([N+](=O)[O-])cc3)CC2)c1OC. The Kier molecular flexibility index (Phi) is 7.31. The summed E-state index contributed by atoms with van der Waals surface area (Å²) < 4.78 is 16.5. The topological polar surface area (TPSA) is 97.5 Å². The molecule has 1 heterocycles. The molecule has 1 aliphatic heterocycles. The number of aliphatic hydroxyl groups excluding tert-OH is 1. The van der Waals surface area contributed by atoms with E-state index in [0.717, 1.165) is 37.6 Å². The van der Waals surface area contributed by atoms with E-state index in [1.165, 1.54) is 24.3 Å². The van der Waals surface area contributed by atoms with Crippen LogP contribution in [0, 0.1) is 10.1 Å². The highest BCUT2D eigenvalue weighted by atomic mass is 16.6. The van der Waals surface area contributed by atoms with Crippen LogP contribution < -0.4 is 19.1 Å². The van der Waals surface area contributed by atoms with Gasteiger partial charge in [0.1, 0.15) is 18.5 Å². The highest BCUT2D eigenvalue weighted by Crippen LogP contribution is 2.37. The van der Waals surface area contributed by atoms with Gasteiger partial charge in [0.25, 0.3) is 5.69 Å². The molecule has 9 heteroatoms. The van der Waals surface area contributed by atoms with Gasteiger partial charge in [-0.2, -0.15) is 0 Å². The average Bonchev–Trinajstić information content (AvgIpc) is 2.77. The third-order valence-corrected chi connectivity index (χ3v) is 5.05. The Hall–Kier alpha value is -3.04. The van der Waals surface area contributed by atoms with E-state index in [1.807, 2.05) is 18.2 Å². The predicted octanol–water partition coefficient (Wildman–Crippen LogP) is 2.17. The van der Waals surface area contributed by atoms with Crippen LogP contribution in [0.5, 0.6) is 17.2 Å². The van der Waals surface area contributed by atoms with Crippen molar-refractivity contribution in [2.75, 3.05) is 58.5 Å². The number of anilines is 1. The summed E-state index contributed by atoms with van der Waals surface area (Å²) in [6.45, 7) is 3.83. The van der Waals surface area contributed by atoms with Gasteiger partial charge in [-0.15, -0.1) is 0 Å². The number of β-amino-alcohol motifs (C(OH)–C–C–N with tert-alkyl or cyclic N) is 1. The number of para-hydroxylation sites is 1. The lowest BCUT2D eigenvalue weighted by Gasteiger charge is -2.37. The molecule has 1 atom stereocenters. The van der Waals surface area contributed by atoms with Crippen molar-refractivity contribution in [3.63, 3.8) is 0 Å². The number of non-ortho nitro benzene ring substituents is 1. The third kappa shape index (κ3) is 5.31. The van der Waals surface area contributed by atoms with Gasteiger partial charge in [-0.1, -0.05) is 6.07 Å². The summed E-state index contributed by atoms with van der Waals surface area (Å²) >= 11 is 0. The largest absolute Gasteiger partial charge is 0.493 e. The van der Waals surface area contributed by atoms with E-state index >= 15 is 0 Å². The van der Waals surface area contributed by atoms with E-state index in [-0.39, 0.29) is 12.3 Å². The molecule has 1 aliphatic rings. The molecule has 1 N–H and O–H groups in total. The number of nitrogens with zero attached hydrogens (tertiary/aromatic N) is 3. The van der Waals surface area contributed by atoms with Crippen LogP contribution >= 0.6 is 0 Å². The van der Waals surface area contributed by atoms with Crippen molar-refractivity contribution in [3.05, 3.63) is 52.6 Å². The summed E-state index contributed by atoms with van der Waals surface area (Å²) in [5.41, 5.74) is 1.01. The Bertz CT molecular complexity index is 837. The third-order valence-electron chi connectivity index (χ3n) is 5.05. The van der Waals surface area contributed by atoms with Gasteiger partial charge < -0.3 is 24.2 Å². The molecule has 0 aromatic heterocycles. The van der Waals surface area contributed by atoms with E-state index in [2.05, 4.69) is 9.80 Å². The normalized spacial score (nSPS) is 15.5. The Morgan fingerprint density at radius 3 is 2.37 bits per heavy atom. The van der Waals surface area contributed by atoms with Crippen LogP contribution in [0.1, 0.15) is 0 Å². The second-order valence-electron chi connectivity index (χ2n) is 7.02. The van der Waals surface area contributed by atoms with E-state index in [9.17, 15) is 15.2 Å². The summed E-state index contributed by atoms with van der Waals surface area (Å²) in [6, 6.07) is 11.7. The number of hydrogen-bond donors (Lipinski definition) is 1. The number of nitro benzene ring substituents is 1. The van der Waals surface area contributed by atoms with Gasteiger partial charge in [0.05, 0.1) is 24.8 Å². The van der Waals surface area contributed by atoms with Crippen LogP contribution in [-0.4, -0.2) is 74.6 Å². The van der Waals surface area contributed by atoms with Crippen LogP contribution in [-0.2, 0) is 0 Å². The number of ether oxygens (including phenoxy) is 3. The summed E-state index contributed by atoms with van der Waals surface area (Å²) in [4.78, 5) is 14.7. The molecular formula is C21H27N3O6. The Labute approximate surface area is 175 Å². The lowest BCUT2D eigenvalue weighted by molar-refractivity contribution is -0.384. The summed E-state index contributed by atoms with van der Waals surface area (Å²) in [6.07, 6.45) is -0.655. The van der Waals surface area contributed by atoms with Crippen LogP contribution in [0.4, 0.5) is 11.4 Å². The number of nitro groups is 1. The second kappa shape index (κ2) is 10.1. The molecule has 1 saturated heterocycles. The first-order valence-electron chi connectivity index (χ1n) is 9.75. The fourth-order valence-corrected chi connectivity index (χ4v) is 3.50. The van der Waals surface area contributed by atoms with Crippen molar-refractivity contribution >= 4 is 11.4 Å². The maximum absolute atomic E-state index is 10.7. The quantitative estimate of drug-likeness (QED) is 0.490. The smallest absolute Gasteiger partial charge is 0.269 e. The number of piperazine rings is 1. The summed E-state index contributed by atoms with van der Waals surface area (Å²) in [5, 5.41) is 21.0. The molecule has 1 unspecified atom stereocenters. The fraction of sp³-hybridized carbons (Fsp3) is 0.429.